The highest BCUT2D eigenvalue weighted by molar-refractivity contribution is 7.45. The monoisotopic (exact) mass is 156 g/mol. The van der Waals surface area contributed by atoms with Crippen LogP contribution in [0.4, 0.5) is 0 Å². The topological polar surface area (TPSA) is 128 Å². The van der Waals surface area contributed by atoms with Crippen LogP contribution in [0, 0.1) is 5.41 Å². The molecular formula is C2H9N2O4P. The molecular weight excluding hydrogens is 147 g/mol. The summed E-state index contributed by atoms with van der Waals surface area (Å²) in [6, 6.07) is 0. The first-order valence-corrected chi connectivity index (χ1v) is 3.39. The van der Waals surface area contributed by atoms with E-state index in [4.69, 9.17) is 30.4 Å². The average Bonchev–Trinajstić information content (AvgIpc) is 1.19. The van der Waals surface area contributed by atoms with Gasteiger partial charge < -0.3 is 20.4 Å². The number of phosphoric acid groups is 1. The molecule has 0 spiro atoms. The molecule has 0 aromatic carbocycles. The van der Waals surface area contributed by atoms with Crippen molar-refractivity contribution in [3.63, 3.8) is 0 Å². The van der Waals surface area contributed by atoms with Gasteiger partial charge in [0.2, 0.25) is 0 Å². The zero-order chi connectivity index (χ0) is 8.08. The Hall–Kier alpha value is -0.420. The molecule has 0 amide bonds. The Kier molecular flexibility index (Phi) is 5.64. The van der Waals surface area contributed by atoms with Gasteiger partial charge in [0, 0.05) is 0 Å². The van der Waals surface area contributed by atoms with Crippen LogP contribution < -0.4 is 5.73 Å². The van der Waals surface area contributed by atoms with Crippen LogP contribution in [0.3, 0.4) is 0 Å². The highest BCUT2D eigenvalue weighted by Crippen LogP contribution is 2.25. The highest BCUT2D eigenvalue weighted by Gasteiger charge is 2.00. The van der Waals surface area contributed by atoms with Crippen LogP contribution >= 0.6 is 7.82 Å². The zero-order valence-corrected chi connectivity index (χ0v) is 5.67. The van der Waals surface area contributed by atoms with E-state index in [1.54, 1.807) is 0 Å². The molecule has 0 aliphatic carbocycles. The molecule has 0 heterocycles. The molecule has 0 unspecified atom stereocenters. The van der Waals surface area contributed by atoms with Crippen LogP contribution in [-0.2, 0) is 4.57 Å². The summed E-state index contributed by atoms with van der Waals surface area (Å²) in [4.78, 5) is 21.6. The summed E-state index contributed by atoms with van der Waals surface area (Å²) in [6.45, 7) is 1.53. The second-order valence-electron chi connectivity index (χ2n) is 1.20. The van der Waals surface area contributed by atoms with E-state index in [0.717, 1.165) is 0 Å². The predicted molar refractivity (Wildman–Crippen MR) is 31.9 cm³/mol. The van der Waals surface area contributed by atoms with Crippen LogP contribution in [0.2, 0.25) is 0 Å². The SMILES string of the molecule is CC(=N)N.O=P(O)(O)O. The maximum absolute atomic E-state index is 8.88. The summed E-state index contributed by atoms with van der Waals surface area (Å²) in [5, 5.41) is 6.28. The molecule has 0 aromatic rings. The maximum Gasteiger partial charge on any atom is 0.466 e. The second kappa shape index (κ2) is 4.46. The van der Waals surface area contributed by atoms with Crippen molar-refractivity contribution in [3.05, 3.63) is 0 Å². The van der Waals surface area contributed by atoms with E-state index >= 15 is 0 Å². The smallest absolute Gasteiger partial charge is 0.388 e. The number of nitrogens with one attached hydrogen (secondary N) is 1. The second-order valence-corrected chi connectivity index (χ2v) is 2.22. The molecule has 6 N–H and O–H groups in total. The molecule has 0 aliphatic rings. The summed E-state index contributed by atoms with van der Waals surface area (Å²) >= 11 is 0. The van der Waals surface area contributed by atoms with E-state index in [9.17, 15) is 0 Å². The number of hydrogen-bond acceptors (Lipinski definition) is 2. The van der Waals surface area contributed by atoms with Gasteiger partial charge in [0.25, 0.3) is 0 Å². The fourth-order valence-corrected chi connectivity index (χ4v) is 0. The van der Waals surface area contributed by atoms with Crippen molar-refractivity contribution >= 4 is 13.7 Å². The zero-order valence-electron chi connectivity index (χ0n) is 4.77. The number of amidine groups is 1. The predicted octanol–water partition coefficient (Wildman–Crippen LogP) is -0.986. The van der Waals surface area contributed by atoms with E-state index in [2.05, 4.69) is 0 Å². The Bertz CT molecular complexity index is 116. The summed E-state index contributed by atoms with van der Waals surface area (Å²) in [5.74, 6) is 0.167. The Balaban J connectivity index is 0. The van der Waals surface area contributed by atoms with Gasteiger partial charge in [0.1, 0.15) is 0 Å². The van der Waals surface area contributed by atoms with Gasteiger partial charge >= 0.3 is 7.82 Å². The van der Waals surface area contributed by atoms with Crippen LogP contribution in [0.25, 0.3) is 0 Å². The highest BCUT2D eigenvalue weighted by atomic mass is 31.2. The van der Waals surface area contributed by atoms with Crippen molar-refractivity contribution in [2.24, 2.45) is 5.73 Å². The van der Waals surface area contributed by atoms with E-state index in [0.29, 0.717) is 0 Å². The summed E-state index contributed by atoms with van der Waals surface area (Å²) in [5.41, 5.74) is 4.69. The van der Waals surface area contributed by atoms with E-state index < -0.39 is 7.82 Å². The normalized spacial score (nSPS) is 9.33. The summed E-state index contributed by atoms with van der Waals surface area (Å²) in [7, 11) is -4.64. The van der Waals surface area contributed by atoms with Gasteiger partial charge in [-0.25, -0.2) is 4.57 Å². The van der Waals surface area contributed by atoms with Crippen LogP contribution in [0.15, 0.2) is 0 Å². The molecule has 0 rings (SSSR count). The number of hydrogen-bond donors (Lipinski definition) is 5. The Morgan fingerprint density at radius 2 is 1.56 bits per heavy atom. The molecule has 6 nitrogen and oxygen atoms in total. The minimum absolute atomic E-state index is 0.167. The lowest BCUT2D eigenvalue weighted by atomic mass is 10.8. The van der Waals surface area contributed by atoms with Gasteiger partial charge in [-0.3, -0.25) is 5.41 Å². The van der Waals surface area contributed by atoms with Crippen molar-refractivity contribution in [2.75, 3.05) is 0 Å². The quantitative estimate of drug-likeness (QED) is 0.175. The number of nitrogens with two attached hydrogens (primary N) is 1. The molecule has 0 aromatic heterocycles. The van der Waals surface area contributed by atoms with Gasteiger partial charge in [-0.2, -0.15) is 0 Å². The number of rotatable bonds is 0. The van der Waals surface area contributed by atoms with Crippen molar-refractivity contribution in [2.45, 2.75) is 6.92 Å². The van der Waals surface area contributed by atoms with E-state index in [-0.39, 0.29) is 5.84 Å². The molecule has 0 fully saturated rings. The maximum atomic E-state index is 8.88. The molecule has 0 bridgehead atoms. The molecule has 0 aliphatic heterocycles. The average molecular weight is 156 g/mol. The standard InChI is InChI=1S/C2H6N2.H3O4P/c1-2(3)4;1-5(2,3)4/h1H3,(H3,3,4);(H3,1,2,3,4). The Labute approximate surface area is 52.1 Å². The largest absolute Gasteiger partial charge is 0.466 e. The minimum Gasteiger partial charge on any atom is -0.388 e. The van der Waals surface area contributed by atoms with Gasteiger partial charge in [-0.05, 0) is 6.92 Å². The summed E-state index contributed by atoms with van der Waals surface area (Å²) < 4.78 is 8.88. The van der Waals surface area contributed by atoms with Gasteiger partial charge in [0.05, 0.1) is 5.84 Å². The fraction of sp³-hybridized carbons (Fsp3) is 0.500. The lowest BCUT2D eigenvalue weighted by Gasteiger charge is -1.82. The van der Waals surface area contributed by atoms with Gasteiger partial charge in [-0.15, -0.1) is 0 Å². The van der Waals surface area contributed by atoms with Crippen molar-refractivity contribution in [3.8, 4) is 0 Å². The summed E-state index contributed by atoms with van der Waals surface area (Å²) in [6.07, 6.45) is 0. The van der Waals surface area contributed by atoms with Crippen LogP contribution in [0.5, 0.6) is 0 Å². The molecule has 56 valence electrons. The third kappa shape index (κ3) is 1340. The first kappa shape index (κ1) is 11.4. The van der Waals surface area contributed by atoms with Crippen molar-refractivity contribution in [1.29, 1.82) is 5.41 Å². The molecule has 0 atom stereocenters. The molecule has 0 radical (unpaired) electrons. The van der Waals surface area contributed by atoms with Gasteiger partial charge in [-0.1, -0.05) is 0 Å². The first-order chi connectivity index (χ1) is 3.73. The van der Waals surface area contributed by atoms with E-state index in [1.165, 1.54) is 6.92 Å². The first-order valence-electron chi connectivity index (χ1n) is 1.82. The minimum atomic E-state index is -4.64. The molecule has 9 heavy (non-hydrogen) atoms. The molecule has 0 saturated carbocycles. The van der Waals surface area contributed by atoms with E-state index in [1.807, 2.05) is 0 Å². The lowest BCUT2D eigenvalue weighted by Crippen LogP contribution is -2.00. The Morgan fingerprint density at radius 3 is 1.56 bits per heavy atom. The van der Waals surface area contributed by atoms with Gasteiger partial charge in [0.15, 0.2) is 0 Å². The Morgan fingerprint density at radius 1 is 1.56 bits per heavy atom. The van der Waals surface area contributed by atoms with Crippen molar-refractivity contribution < 1.29 is 19.2 Å². The van der Waals surface area contributed by atoms with Crippen LogP contribution in [-0.4, -0.2) is 20.5 Å². The van der Waals surface area contributed by atoms with Crippen molar-refractivity contribution in [1.82, 2.24) is 0 Å². The fourth-order valence-electron chi connectivity index (χ4n) is 0. The van der Waals surface area contributed by atoms with Crippen LogP contribution in [0.1, 0.15) is 6.92 Å². The molecule has 0 saturated heterocycles. The molecule has 7 heteroatoms. The third-order valence-electron chi connectivity index (χ3n) is 0. The lowest BCUT2D eigenvalue weighted by molar-refractivity contribution is 0.275. The third-order valence-corrected chi connectivity index (χ3v) is 0.